The molecule has 3 heteroatoms. The monoisotopic (exact) mass is 145 g/mol. The van der Waals surface area contributed by atoms with Crippen LogP contribution in [0.3, 0.4) is 0 Å². The summed E-state index contributed by atoms with van der Waals surface area (Å²) in [5.74, 6) is -0.407. The lowest BCUT2D eigenvalue weighted by Gasteiger charge is -2.18. The summed E-state index contributed by atoms with van der Waals surface area (Å²) in [5.41, 5.74) is -0.295. The molecule has 58 valence electrons. The zero-order valence-electron chi connectivity index (χ0n) is 6.44. The molecule has 0 radical (unpaired) electrons. The Morgan fingerprint density at radius 2 is 2.00 bits per heavy atom. The quantitative estimate of drug-likeness (QED) is 0.555. The average molecular weight is 145 g/mol. The maximum atomic E-state index is 11.4. The van der Waals surface area contributed by atoms with Gasteiger partial charge < -0.3 is 5.32 Å². The molecule has 10 heavy (non-hydrogen) atoms. The maximum Gasteiger partial charge on any atom is 0.246 e. The highest BCUT2D eigenvalue weighted by atomic mass is 19.1. The van der Waals surface area contributed by atoms with Gasteiger partial charge in [0.25, 0.3) is 0 Å². The van der Waals surface area contributed by atoms with Crippen LogP contribution in [0, 0.1) is 0 Å². The number of halogens is 1. The summed E-state index contributed by atoms with van der Waals surface area (Å²) in [6, 6.07) is 0. The molecule has 1 N–H and O–H groups in total. The predicted molar refractivity (Wildman–Crippen MR) is 38.1 cm³/mol. The first kappa shape index (κ1) is 9.14. The summed E-state index contributed by atoms with van der Waals surface area (Å²) in [5, 5.41) is 2.55. The fraction of sp³-hybridized carbons (Fsp3) is 0.571. The molecule has 0 bridgehead atoms. The highest BCUT2D eigenvalue weighted by molar-refractivity contribution is 5.87. The lowest BCUT2D eigenvalue weighted by atomic mass is 10.1. The van der Waals surface area contributed by atoms with Crippen molar-refractivity contribution in [3.05, 3.63) is 12.4 Å². The zero-order chi connectivity index (χ0) is 8.20. The first-order valence-corrected chi connectivity index (χ1v) is 3.04. The number of carbonyl (C=O) groups is 1. The van der Waals surface area contributed by atoms with Crippen molar-refractivity contribution in [2.75, 3.05) is 0 Å². The minimum Gasteiger partial charge on any atom is -0.348 e. The second kappa shape index (κ2) is 3.34. The molecule has 0 atom stereocenters. The minimum absolute atomic E-state index is 0.223. The van der Waals surface area contributed by atoms with E-state index >= 15 is 0 Å². The van der Waals surface area contributed by atoms with Crippen LogP contribution >= 0.6 is 0 Å². The Labute approximate surface area is 60.1 Å². The fourth-order valence-electron chi connectivity index (χ4n) is 0.468. The summed E-state index contributed by atoms with van der Waals surface area (Å²) in [7, 11) is 0. The molecule has 0 rings (SSSR count). The summed E-state index contributed by atoms with van der Waals surface area (Å²) in [4.78, 5) is 10.6. The van der Waals surface area contributed by atoms with Gasteiger partial charge in [0.1, 0.15) is 0 Å². The van der Waals surface area contributed by atoms with E-state index in [9.17, 15) is 9.18 Å². The van der Waals surface area contributed by atoms with E-state index in [0.717, 1.165) is 6.08 Å². The predicted octanol–water partition coefficient (Wildman–Crippen LogP) is 1.38. The highest BCUT2D eigenvalue weighted by Gasteiger charge is 2.10. The van der Waals surface area contributed by atoms with Gasteiger partial charge >= 0.3 is 0 Å². The molecule has 0 saturated heterocycles. The van der Waals surface area contributed by atoms with Crippen LogP contribution in [0.5, 0.6) is 0 Å². The smallest absolute Gasteiger partial charge is 0.246 e. The van der Waals surface area contributed by atoms with Crippen molar-refractivity contribution in [1.82, 2.24) is 5.32 Å². The molecule has 0 aliphatic heterocycles. The van der Waals surface area contributed by atoms with Crippen molar-refractivity contribution in [3.8, 4) is 0 Å². The molecule has 0 aromatic carbocycles. The van der Waals surface area contributed by atoms with Gasteiger partial charge in [0.2, 0.25) is 5.91 Å². The molecule has 0 spiro atoms. The zero-order valence-corrected chi connectivity index (χ0v) is 6.44. The molecule has 1 amide bonds. The molecule has 0 aliphatic rings. The Kier molecular flexibility index (Phi) is 3.06. The van der Waals surface area contributed by atoms with E-state index in [1.165, 1.54) is 0 Å². The van der Waals surface area contributed by atoms with E-state index in [1.54, 1.807) is 0 Å². The van der Waals surface area contributed by atoms with E-state index in [0.29, 0.717) is 0 Å². The van der Waals surface area contributed by atoms with Gasteiger partial charge in [-0.15, -0.1) is 0 Å². The number of hydrogen-bond donors (Lipinski definition) is 1. The summed E-state index contributed by atoms with van der Waals surface area (Å²) in [6.07, 6.45) is 1.08. The summed E-state index contributed by atoms with van der Waals surface area (Å²) < 4.78 is 11.4. The lowest BCUT2D eigenvalue weighted by Crippen LogP contribution is -2.39. The Morgan fingerprint density at radius 3 is 2.30 bits per heavy atom. The Bertz CT molecular complexity index is 146. The number of nitrogens with one attached hydrogen (secondary N) is 1. The second-order valence-corrected chi connectivity index (χ2v) is 3.03. The highest BCUT2D eigenvalue weighted by Crippen LogP contribution is 1.97. The Hall–Kier alpha value is -0.860. The van der Waals surface area contributed by atoms with Gasteiger partial charge in [-0.3, -0.25) is 4.79 Å². The molecule has 0 aromatic rings. The molecule has 0 aliphatic carbocycles. The van der Waals surface area contributed by atoms with Crippen LogP contribution in [0.4, 0.5) is 4.39 Å². The fourth-order valence-corrected chi connectivity index (χ4v) is 0.468. The van der Waals surface area contributed by atoms with Crippen LogP contribution in [0.2, 0.25) is 0 Å². The lowest BCUT2D eigenvalue weighted by molar-refractivity contribution is -0.117. The molecule has 0 saturated carbocycles. The summed E-state index contributed by atoms with van der Waals surface area (Å²) >= 11 is 0. The first-order valence-electron chi connectivity index (χ1n) is 3.04. The first-order chi connectivity index (χ1) is 4.45. The van der Waals surface area contributed by atoms with Gasteiger partial charge in [0.05, 0.1) is 6.33 Å². The Balaban J connectivity index is 3.81. The van der Waals surface area contributed by atoms with E-state index in [-0.39, 0.29) is 11.9 Å². The van der Waals surface area contributed by atoms with Gasteiger partial charge in [-0.2, -0.15) is 0 Å². The molecule has 0 heterocycles. The second-order valence-electron chi connectivity index (χ2n) is 3.03. The van der Waals surface area contributed by atoms with E-state index in [4.69, 9.17) is 0 Å². The number of rotatable bonds is 1. The van der Waals surface area contributed by atoms with Crippen molar-refractivity contribution < 1.29 is 9.18 Å². The molecular formula is C7H12FNO. The molecule has 0 unspecified atom stereocenters. The third-order valence-corrected chi connectivity index (χ3v) is 0.713. The molecule has 0 aromatic heterocycles. The maximum absolute atomic E-state index is 11.4. The van der Waals surface area contributed by atoms with Crippen molar-refractivity contribution in [1.29, 1.82) is 0 Å². The Morgan fingerprint density at radius 1 is 1.50 bits per heavy atom. The van der Waals surface area contributed by atoms with Crippen LogP contribution in [0.1, 0.15) is 20.8 Å². The molecular weight excluding hydrogens is 133 g/mol. The number of carbonyl (C=O) groups excluding carboxylic acids is 1. The van der Waals surface area contributed by atoms with Gasteiger partial charge in [0.15, 0.2) is 0 Å². The van der Waals surface area contributed by atoms with Gasteiger partial charge in [-0.05, 0) is 20.8 Å². The topological polar surface area (TPSA) is 29.1 Å². The van der Waals surface area contributed by atoms with E-state index in [2.05, 4.69) is 5.32 Å². The third kappa shape index (κ3) is 5.28. The molecule has 0 fully saturated rings. The van der Waals surface area contributed by atoms with Crippen LogP contribution in [0.25, 0.3) is 0 Å². The van der Waals surface area contributed by atoms with Crippen LogP contribution in [0.15, 0.2) is 12.4 Å². The standard InChI is InChI=1S/C7H12FNO/c1-7(2,3)9-6(10)4-5-8/h4-5H,1-3H3,(H,9,10)/b5-4+. The SMILES string of the molecule is CC(C)(C)NC(=O)/C=C/F. The number of amides is 1. The van der Waals surface area contributed by atoms with Crippen molar-refractivity contribution >= 4 is 5.91 Å². The van der Waals surface area contributed by atoms with Crippen molar-refractivity contribution in [2.45, 2.75) is 26.3 Å². The number of hydrogen-bond acceptors (Lipinski definition) is 1. The van der Waals surface area contributed by atoms with Crippen LogP contribution < -0.4 is 5.32 Å². The third-order valence-electron chi connectivity index (χ3n) is 0.713. The minimum atomic E-state index is -0.407. The largest absolute Gasteiger partial charge is 0.348 e. The molecule has 2 nitrogen and oxygen atoms in total. The van der Waals surface area contributed by atoms with Crippen LogP contribution in [-0.4, -0.2) is 11.4 Å². The van der Waals surface area contributed by atoms with Gasteiger partial charge in [-0.25, -0.2) is 4.39 Å². The van der Waals surface area contributed by atoms with Gasteiger partial charge in [0, 0.05) is 11.6 Å². The van der Waals surface area contributed by atoms with E-state index in [1.807, 2.05) is 20.8 Å². The summed E-state index contributed by atoms with van der Waals surface area (Å²) in [6.45, 7) is 5.49. The van der Waals surface area contributed by atoms with E-state index < -0.39 is 5.91 Å². The average Bonchev–Trinajstić information content (AvgIpc) is 1.59. The van der Waals surface area contributed by atoms with Crippen molar-refractivity contribution in [3.63, 3.8) is 0 Å². The van der Waals surface area contributed by atoms with Gasteiger partial charge in [-0.1, -0.05) is 0 Å². The van der Waals surface area contributed by atoms with Crippen molar-refractivity contribution in [2.24, 2.45) is 0 Å². The van der Waals surface area contributed by atoms with Crippen LogP contribution in [-0.2, 0) is 4.79 Å². The normalized spacial score (nSPS) is 12.0.